The second kappa shape index (κ2) is 4.21. The highest BCUT2D eigenvalue weighted by molar-refractivity contribution is 7.79. The molecular formula is C8H16O2S. The molecule has 2 nitrogen and oxygen atoms in total. The van der Waals surface area contributed by atoms with Gasteiger partial charge in [-0.05, 0) is 18.3 Å². The number of rotatable bonds is 2. The molecule has 0 aliphatic heterocycles. The molecule has 11 heavy (non-hydrogen) atoms. The molecule has 3 unspecified atom stereocenters. The van der Waals surface area contributed by atoms with Gasteiger partial charge in [-0.15, -0.1) is 0 Å². The van der Waals surface area contributed by atoms with Gasteiger partial charge < -0.3 is 4.55 Å². The molecule has 1 fully saturated rings. The molecule has 1 N–H and O–H groups in total. The van der Waals surface area contributed by atoms with Crippen LogP contribution < -0.4 is 0 Å². The molecule has 3 heteroatoms. The summed E-state index contributed by atoms with van der Waals surface area (Å²) in [7, 11) is 0. The van der Waals surface area contributed by atoms with Gasteiger partial charge in [-0.3, -0.25) is 0 Å². The minimum absolute atomic E-state index is 0.487. The van der Waals surface area contributed by atoms with Crippen LogP contribution in [0.5, 0.6) is 0 Å². The summed E-state index contributed by atoms with van der Waals surface area (Å²) in [5.41, 5.74) is 0. The standard InChI is InChI=1S/C8H16O2S/c1-7-4-2-3-5-8(7)6-11(9)10/h7-8H,2-6H2,1H3,(H,9,10). The predicted octanol–water partition coefficient (Wildman–Crippen LogP) is 2.03. The summed E-state index contributed by atoms with van der Waals surface area (Å²) in [6.45, 7) is 2.19. The first-order valence-corrected chi connectivity index (χ1v) is 5.55. The van der Waals surface area contributed by atoms with E-state index < -0.39 is 11.1 Å². The van der Waals surface area contributed by atoms with E-state index >= 15 is 0 Å². The second-order valence-corrected chi connectivity index (χ2v) is 4.49. The Hall–Kier alpha value is 0.110. The third-order valence-electron chi connectivity index (χ3n) is 2.65. The quantitative estimate of drug-likeness (QED) is 0.654. The summed E-state index contributed by atoms with van der Waals surface area (Å²) >= 11 is -1.58. The van der Waals surface area contributed by atoms with Crippen LogP contribution in [0.2, 0.25) is 0 Å². The monoisotopic (exact) mass is 176 g/mol. The van der Waals surface area contributed by atoms with Crippen LogP contribution in [-0.4, -0.2) is 14.5 Å². The van der Waals surface area contributed by atoms with Gasteiger partial charge in [0.15, 0.2) is 11.1 Å². The summed E-state index contributed by atoms with van der Waals surface area (Å²) in [5, 5.41) is 0. The van der Waals surface area contributed by atoms with Crippen molar-refractivity contribution in [1.29, 1.82) is 0 Å². The van der Waals surface area contributed by atoms with Crippen LogP contribution in [-0.2, 0) is 11.1 Å². The third-order valence-corrected chi connectivity index (χ3v) is 3.36. The van der Waals surface area contributed by atoms with Gasteiger partial charge in [-0.2, -0.15) is 0 Å². The van der Waals surface area contributed by atoms with Crippen LogP contribution in [0.4, 0.5) is 0 Å². The lowest BCUT2D eigenvalue weighted by Crippen LogP contribution is -2.22. The summed E-state index contributed by atoms with van der Waals surface area (Å²) < 4.78 is 19.2. The van der Waals surface area contributed by atoms with Gasteiger partial charge in [0, 0.05) is 0 Å². The minimum Gasteiger partial charge on any atom is -0.306 e. The van der Waals surface area contributed by atoms with Crippen molar-refractivity contribution in [1.82, 2.24) is 0 Å². The Morgan fingerprint density at radius 2 is 2.09 bits per heavy atom. The molecular weight excluding hydrogens is 160 g/mol. The molecule has 0 aromatic carbocycles. The fraction of sp³-hybridized carbons (Fsp3) is 1.00. The van der Waals surface area contributed by atoms with Crippen molar-refractivity contribution in [3.05, 3.63) is 0 Å². The lowest BCUT2D eigenvalue weighted by molar-refractivity contribution is 0.278. The maximum atomic E-state index is 10.5. The predicted molar refractivity (Wildman–Crippen MR) is 46.8 cm³/mol. The highest BCUT2D eigenvalue weighted by Gasteiger charge is 2.22. The highest BCUT2D eigenvalue weighted by atomic mass is 32.2. The van der Waals surface area contributed by atoms with Gasteiger partial charge >= 0.3 is 0 Å². The van der Waals surface area contributed by atoms with E-state index in [1.807, 2.05) is 0 Å². The maximum absolute atomic E-state index is 10.5. The Morgan fingerprint density at radius 3 is 2.64 bits per heavy atom. The third kappa shape index (κ3) is 2.91. The van der Waals surface area contributed by atoms with Crippen LogP contribution in [0.1, 0.15) is 32.6 Å². The van der Waals surface area contributed by atoms with Crippen molar-refractivity contribution < 1.29 is 8.76 Å². The van der Waals surface area contributed by atoms with E-state index in [4.69, 9.17) is 4.55 Å². The van der Waals surface area contributed by atoms with E-state index in [0.29, 0.717) is 17.6 Å². The van der Waals surface area contributed by atoms with Gasteiger partial charge in [-0.25, -0.2) is 4.21 Å². The molecule has 0 aromatic rings. The van der Waals surface area contributed by atoms with Gasteiger partial charge in [0.25, 0.3) is 0 Å². The number of hydrogen-bond acceptors (Lipinski definition) is 1. The van der Waals surface area contributed by atoms with E-state index in [1.165, 1.54) is 19.3 Å². The first-order chi connectivity index (χ1) is 5.20. The minimum atomic E-state index is -1.58. The first-order valence-electron chi connectivity index (χ1n) is 4.27. The lowest BCUT2D eigenvalue weighted by Gasteiger charge is -2.27. The van der Waals surface area contributed by atoms with Gasteiger partial charge in [0.2, 0.25) is 0 Å². The molecule has 66 valence electrons. The Labute approximate surface area is 70.7 Å². The molecule has 0 radical (unpaired) electrons. The first kappa shape index (κ1) is 9.20. The van der Waals surface area contributed by atoms with Crippen molar-refractivity contribution >= 4 is 11.1 Å². The molecule has 0 saturated heterocycles. The summed E-state index contributed by atoms with van der Waals surface area (Å²) in [6.07, 6.45) is 4.93. The molecule has 0 bridgehead atoms. The average molecular weight is 176 g/mol. The molecule has 0 aromatic heterocycles. The Morgan fingerprint density at radius 1 is 1.45 bits per heavy atom. The Balaban J connectivity index is 2.35. The summed E-state index contributed by atoms with van der Waals surface area (Å²) in [6, 6.07) is 0. The zero-order valence-electron chi connectivity index (χ0n) is 6.95. The van der Waals surface area contributed by atoms with Crippen molar-refractivity contribution in [3.8, 4) is 0 Å². The zero-order chi connectivity index (χ0) is 8.27. The van der Waals surface area contributed by atoms with E-state index in [2.05, 4.69) is 6.92 Å². The molecule has 1 rings (SSSR count). The molecule has 1 aliphatic rings. The maximum Gasteiger partial charge on any atom is 0.153 e. The average Bonchev–Trinajstić information content (AvgIpc) is 1.93. The SMILES string of the molecule is CC1CCCCC1CS(=O)O. The van der Waals surface area contributed by atoms with Crippen LogP contribution in [0, 0.1) is 11.8 Å². The largest absolute Gasteiger partial charge is 0.306 e. The van der Waals surface area contributed by atoms with E-state index in [9.17, 15) is 4.21 Å². The fourth-order valence-corrected chi connectivity index (χ4v) is 2.69. The highest BCUT2D eigenvalue weighted by Crippen LogP contribution is 2.29. The Bertz CT molecular complexity index is 147. The van der Waals surface area contributed by atoms with E-state index in [-0.39, 0.29) is 0 Å². The van der Waals surface area contributed by atoms with E-state index in [0.717, 1.165) is 6.42 Å². The van der Waals surface area contributed by atoms with Crippen LogP contribution in [0.25, 0.3) is 0 Å². The van der Waals surface area contributed by atoms with Gasteiger partial charge in [-0.1, -0.05) is 26.2 Å². The van der Waals surface area contributed by atoms with Crippen LogP contribution in [0.15, 0.2) is 0 Å². The van der Waals surface area contributed by atoms with Crippen molar-refractivity contribution in [2.24, 2.45) is 11.8 Å². The smallest absolute Gasteiger partial charge is 0.153 e. The van der Waals surface area contributed by atoms with Crippen molar-refractivity contribution in [3.63, 3.8) is 0 Å². The van der Waals surface area contributed by atoms with Crippen molar-refractivity contribution in [2.75, 3.05) is 5.75 Å². The van der Waals surface area contributed by atoms with Crippen LogP contribution in [0.3, 0.4) is 0 Å². The summed E-state index contributed by atoms with van der Waals surface area (Å²) in [4.78, 5) is 0. The van der Waals surface area contributed by atoms with Crippen molar-refractivity contribution in [2.45, 2.75) is 32.6 Å². The van der Waals surface area contributed by atoms with Crippen LogP contribution >= 0.6 is 0 Å². The topological polar surface area (TPSA) is 37.3 Å². The molecule has 1 aliphatic carbocycles. The summed E-state index contributed by atoms with van der Waals surface area (Å²) in [5.74, 6) is 1.63. The molecule has 1 saturated carbocycles. The second-order valence-electron chi connectivity index (χ2n) is 3.51. The van der Waals surface area contributed by atoms with Gasteiger partial charge in [0.1, 0.15) is 0 Å². The molecule has 0 amide bonds. The van der Waals surface area contributed by atoms with Gasteiger partial charge in [0.05, 0.1) is 5.75 Å². The fourth-order valence-electron chi connectivity index (χ4n) is 1.82. The normalized spacial score (nSPS) is 35.1. The zero-order valence-corrected chi connectivity index (χ0v) is 7.77. The van der Waals surface area contributed by atoms with E-state index in [1.54, 1.807) is 0 Å². The molecule has 0 heterocycles. The molecule has 0 spiro atoms. The Kier molecular flexibility index (Phi) is 3.52. The lowest BCUT2D eigenvalue weighted by atomic mass is 9.82. The molecule has 3 atom stereocenters. The number of hydrogen-bond donors (Lipinski definition) is 1.